The van der Waals surface area contributed by atoms with Gasteiger partial charge in [-0.25, -0.2) is 0 Å². The molecule has 20 heavy (non-hydrogen) atoms. The second kappa shape index (κ2) is 6.67. The van der Waals surface area contributed by atoms with Crippen LogP contribution >= 0.6 is 50.1 Å². The maximum absolute atomic E-state index is 6.71. The van der Waals surface area contributed by atoms with Gasteiger partial charge in [0.2, 0.25) is 0 Å². The number of alkyl halides is 1. The number of rotatable bonds is 3. The van der Waals surface area contributed by atoms with Crippen LogP contribution in [0.25, 0.3) is 0 Å². The van der Waals surface area contributed by atoms with Gasteiger partial charge in [-0.15, -0.1) is 11.6 Å². The molecule has 2 aromatic rings. The zero-order valence-electron chi connectivity index (χ0n) is 11.5. The summed E-state index contributed by atoms with van der Waals surface area (Å²) in [6.07, 6.45) is 0. The van der Waals surface area contributed by atoms with Gasteiger partial charge in [0.1, 0.15) is 5.75 Å². The normalized spacial score (nSPS) is 12.3. The second-order valence-corrected chi connectivity index (χ2v) is 7.05. The van der Waals surface area contributed by atoms with Crippen molar-refractivity contribution < 1.29 is 4.74 Å². The first-order chi connectivity index (χ1) is 9.45. The average molecular weight is 466 g/mol. The summed E-state index contributed by atoms with van der Waals surface area (Å²) in [7, 11) is 1.68. The lowest BCUT2D eigenvalue weighted by Gasteiger charge is -2.18. The Labute approximate surface area is 146 Å². The summed E-state index contributed by atoms with van der Waals surface area (Å²) in [5.74, 6) is 0.822. The Bertz CT molecular complexity index is 643. The number of hydrogen-bond donors (Lipinski definition) is 0. The van der Waals surface area contributed by atoms with Gasteiger partial charge in [0, 0.05) is 13.6 Å². The molecule has 106 valence electrons. The zero-order valence-corrected chi connectivity index (χ0v) is 16.0. The minimum atomic E-state index is -0.228. The maximum Gasteiger partial charge on any atom is 0.124 e. The van der Waals surface area contributed by atoms with E-state index in [2.05, 4.69) is 57.6 Å². The first kappa shape index (κ1) is 16.1. The minimum Gasteiger partial charge on any atom is -0.496 e. The van der Waals surface area contributed by atoms with Crippen LogP contribution in [0.4, 0.5) is 0 Å². The van der Waals surface area contributed by atoms with Gasteiger partial charge in [0.05, 0.1) is 12.5 Å². The largest absolute Gasteiger partial charge is 0.496 e. The third-order valence-electron chi connectivity index (χ3n) is 3.28. The summed E-state index contributed by atoms with van der Waals surface area (Å²) in [5, 5.41) is -0.228. The average Bonchev–Trinajstić information content (AvgIpc) is 2.43. The molecule has 1 unspecified atom stereocenters. The highest BCUT2D eigenvalue weighted by atomic mass is 127. The van der Waals surface area contributed by atoms with Crippen molar-refractivity contribution in [2.24, 2.45) is 0 Å². The number of hydrogen-bond acceptors (Lipinski definition) is 1. The van der Waals surface area contributed by atoms with E-state index in [1.54, 1.807) is 7.11 Å². The molecular formula is C16H15BrClIO. The van der Waals surface area contributed by atoms with Crippen LogP contribution in [0.5, 0.6) is 5.75 Å². The SMILES string of the molecule is COc1cc(C)c(Br)cc1C(Cl)c1cccc(C)c1I. The maximum atomic E-state index is 6.71. The van der Waals surface area contributed by atoms with Crippen molar-refractivity contribution in [1.82, 2.24) is 0 Å². The molecule has 4 heteroatoms. The highest BCUT2D eigenvalue weighted by Gasteiger charge is 2.20. The number of ether oxygens (including phenoxy) is 1. The van der Waals surface area contributed by atoms with Gasteiger partial charge in [0.25, 0.3) is 0 Å². The highest BCUT2D eigenvalue weighted by molar-refractivity contribution is 14.1. The minimum absolute atomic E-state index is 0.228. The lowest BCUT2D eigenvalue weighted by atomic mass is 10.0. The van der Waals surface area contributed by atoms with Crippen LogP contribution in [0.2, 0.25) is 0 Å². The molecule has 2 rings (SSSR count). The van der Waals surface area contributed by atoms with E-state index < -0.39 is 0 Å². The van der Waals surface area contributed by atoms with Crippen molar-refractivity contribution >= 4 is 50.1 Å². The van der Waals surface area contributed by atoms with Crippen LogP contribution in [-0.2, 0) is 0 Å². The van der Waals surface area contributed by atoms with E-state index >= 15 is 0 Å². The van der Waals surface area contributed by atoms with E-state index in [0.717, 1.165) is 26.9 Å². The van der Waals surface area contributed by atoms with Crippen LogP contribution < -0.4 is 4.74 Å². The van der Waals surface area contributed by atoms with Crippen molar-refractivity contribution in [1.29, 1.82) is 0 Å². The van der Waals surface area contributed by atoms with E-state index in [9.17, 15) is 0 Å². The number of methoxy groups -OCH3 is 1. The van der Waals surface area contributed by atoms with E-state index in [-0.39, 0.29) is 5.38 Å². The smallest absolute Gasteiger partial charge is 0.124 e. The lowest BCUT2D eigenvalue weighted by molar-refractivity contribution is 0.409. The second-order valence-electron chi connectivity index (χ2n) is 4.68. The Morgan fingerprint density at radius 1 is 1.15 bits per heavy atom. The monoisotopic (exact) mass is 464 g/mol. The molecule has 0 saturated heterocycles. The molecule has 0 aromatic heterocycles. The van der Waals surface area contributed by atoms with Crippen LogP contribution in [-0.4, -0.2) is 7.11 Å². The fourth-order valence-electron chi connectivity index (χ4n) is 2.08. The van der Waals surface area contributed by atoms with Gasteiger partial charge in [-0.3, -0.25) is 0 Å². The molecule has 0 bridgehead atoms. The Morgan fingerprint density at radius 2 is 1.85 bits per heavy atom. The van der Waals surface area contributed by atoms with Crippen LogP contribution in [0, 0.1) is 17.4 Å². The van der Waals surface area contributed by atoms with Crippen LogP contribution in [0.15, 0.2) is 34.8 Å². The van der Waals surface area contributed by atoms with Crippen molar-refractivity contribution in [3.8, 4) is 5.75 Å². The van der Waals surface area contributed by atoms with Gasteiger partial charge in [-0.05, 0) is 65.3 Å². The fourth-order valence-corrected chi connectivity index (χ4v) is 3.65. The molecule has 0 aliphatic rings. The first-order valence-electron chi connectivity index (χ1n) is 6.18. The summed E-state index contributed by atoms with van der Waals surface area (Å²) in [4.78, 5) is 0. The van der Waals surface area contributed by atoms with Gasteiger partial charge in [-0.2, -0.15) is 0 Å². The molecule has 0 fully saturated rings. The van der Waals surface area contributed by atoms with Crippen molar-refractivity contribution in [2.75, 3.05) is 7.11 Å². The highest BCUT2D eigenvalue weighted by Crippen LogP contribution is 2.40. The molecule has 0 aliphatic heterocycles. The predicted molar refractivity (Wildman–Crippen MR) is 97.0 cm³/mol. The van der Waals surface area contributed by atoms with E-state index in [0.29, 0.717) is 0 Å². The Morgan fingerprint density at radius 3 is 2.50 bits per heavy atom. The molecule has 0 amide bonds. The number of benzene rings is 2. The Kier molecular flexibility index (Phi) is 5.37. The molecule has 0 N–H and O–H groups in total. The number of aryl methyl sites for hydroxylation is 2. The summed E-state index contributed by atoms with van der Waals surface area (Å²) in [6.45, 7) is 4.13. The Balaban J connectivity index is 2.55. The summed E-state index contributed by atoms with van der Waals surface area (Å²) in [6, 6.07) is 10.3. The van der Waals surface area contributed by atoms with Gasteiger partial charge < -0.3 is 4.74 Å². The first-order valence-corrected chi connectivity index (χ1v) is 8.49. The summed E-state index contributed by atoms with van der Waals surface area (Å²) in [5.41, 5.74) is 4.46. The van der Waals surface area contributed by atoms with Crippen molar-refractivity contribution in [2.45, 2.75) is 19.2 Å². The fraction of sp³-hybridized carbons (Fsp3) is 0.250. The molecule has 0 aliphatic carbocycles. The molecule has 1 nitrogen and oxygen atoms in total. The molecule has 2 aromatic carbocycles. The molecule has 0 spiro atoms. The molecule has 1 atom stereocenters. The summed E-state index contributed by atoms with van der Waals surface area (Å²) >= 11 is 12.6. The van der Waals surface area contributed by atoms with Crippen LogP contribution in [0.1, 0.15) is 27.6 Å². The quantitative estimate of drug-likeness (QED) is 0.399. The predicted octanol–water partition coefficient (Wildman–Crippen LogP) is 6.01. The van der Waals surface area contributed by atoms with Gasteiger partial charge >= 0.3 is 0 Å². The molecule has 0 heterocycles. The standard InChI is InChI=1S/C16H15BrClIO/c1-9-5-4-6-11(16(9)19)15(18)12-8-13(17)10(2)7-14(12)20-3/h4-8,15H,1-3H3. The van der Waals surface area contributed by atoms with E-state index in [4.69, 9.17) is 16.3 Å². The van der Waals surface area contributed by atoms with Crippen molar-refractivity contribution in [3.63, 3.8) is 0 Å². The Hall–Kier alpha value is -0.260. The van der Waals surface area contributed by atoms with E-state index in [1.165, 1.54) is 9.13 Å². The molecule has 0 saturated carbocycles. The third-order valence-corrected chi connectivity index (χ3v) is 6.08. The van der Waals surface area contributed by atoms with Crippen molar-refractivity contribution in [3.05, 3.63) is 60.6 Å². The topological polar surface area (TPSA) is 9.23 Å². The number of halogens is 3. The van der Waals surface area contributed by atoms with Gasteiger partial charge in [0.15, 0.2) is 0 Å². The summed E-state index contributed by atoms with van der Waals surface area (Å²) < 4.78 is 7.73. The van der Waals surface area contributed by atoms with Gasteiger partial charge in [-0.1, -0.05) is 34.1 Å². The molecule has 0 radical (unpaired) electrons. The van der Waals surface area contributed by atoms with Crippen LogP contribution in [0.3, 0.4) is 0 Å². The zero-order chi connectivity index (χ0) is 14.9. The molecular weight excluding hydrogens is 450 g/mol. The lowest BCUT2D eigenvalue weighted by Crippen LogP contribution is -2.01. The van der Waals surface area contributed by atoms with E-state index in [1.807, 2.05) is 25.1 Å². The third kappa shape index (κ3) is 3.15.